The molecule has 0 aliphatic carbocycles. The number of fused-ring (bicyclic) bond motifs is 1. The number of rotatable bonds is 6. The molecule has 9 heteroatoms. The summed E-state index contributed by atoms with van der Waals surface area (Å²) in [6.07, 6.45) is 1.64. The molecule has 0 saturated carbocycles. The molecule has 0 unspecified atom stereocenters. The first kappa shape index (κ1) is 19.3. The molecule has 2 N–H and O–H groups in total. The van der Waals surface area contributed by atoms with Gasteiger partial charge in [-0.05, 0) is 29.8 Å². The maximum absolute atomic E-state index is 11.8. The summed E-state index contributed by atoms with van der Waals surface area (Å²) in [4.78, 5) is 22.1. The highest BCUT2D eigenvalue weighted by Gasteiger charge is 2.34. The van der Waals surface area contributed by atoms with Crippen LogP contribution in [0.1, 0.15) is 11.1 Å². The second kappa shape index (κ2) is 7.78. The Kier molecular flexibility index (Phi) is 5.01. The van der Waals surface area contributed by atoms with Crippen molar-refractivity contribution >= 4 is 29.1 Å². The third kappa shape index (κ3) is 3.41. The van der Waals surface area contributed by atoms with Crippen molar-refractivity contribution < 1.29 is 19.0 Å². The summed E-state index contributed by atoms with van der Waals surface area (Å²) in [5, 5.41) is 3.87. The Hall–Kier alpha value is -4.01. The van der Waals surface area contributed by atoms with Crippen molar-refractivity contribution in [1.82, 2.24) is 10.2 Å². The number of nitrogens with zero attached hydrogens (tertiary/aromatic N) is 4. The first-order valence-corrected chi connectivity index (χ1v) is 9.09. The van der Waals surface area contributed by atoms with E-state index in [9.17, 15) is 4.79 Å². The number of urea groups is 1. The van der Waals surface area contributed by atoms with Crippen LogP contribution in [0.3, 0.4) is 0 Å². The zero-order valence-electron chi connectivity index (χ0n) is 16.7. The summed E-state index contributed by atoms with van der Waals surface area (Å²) in [5.41, 5.74) is 8.97. The number of benzene rings is 2. The van der Waals surface area contributed by atoms with E-state index in [0.717, 1.165) is 11.1 Å². The van der Waals surface area contributed by atoms with E-state index in [2.05, 4.69) is 15.3 Å². The minimum absolute atomic E-state index is 0.278. The van der Waals surface area contributed by atoms with Crippen molar-refractivity contribution in [3.05, 3.63) is 53.7 Å². The van der Waals surface area contributed by atoms with E-state index in [1.165, 1.54) is 0 Å². The minimum atomic E-state index is -0.583. The van der Waals surface area contributed by atoms with Crippen molar-refractivity contribution in [1.29, 1.82) is 0 Å². The molecule has 2 heterocycles. The minimum Gasteiger partial charge on any atom is -0.493 e. The molecule has 2 amide bonds. The molecule has 153 valence electrons. The fourth-order valence-electron chi connectivity index (χ4n) is 3.37. The molecule has 0 saturated heterocycles. The molecule has 2 aliphatic heterocycles. The molecule has 0 aromatic heterocycles. The third-order valence-electron chi connectivity index (χ3n) is 4.71. The number of carbonyl (C=O) groups is 1. The fraction of sp³-hybridized carbons (Fsp3) is 0.190. The van der Waals surface area contributed by atoms with Gasteiger partial charge in [-0.2, -0.15) is 10.3 Å². The third-order valence-corrected chi connectivity index (χ3v) is 4.71. The van der Waals surface area contributed by atoms with E-state index in [1.54, 1.807) is 27.5 Å². The quantitative estimate of drug-likeness (QED) is 0.738. The maximum Gasteiger partial charge on any atom is 0.371 e. The predicted octanol–water partition coefficient (Wildman–Crippen LogP) is 2.64. The van der Waals surface area contributed by atoms with E-state index < -0.39 is 6.03 Å². The molecule has 2 aromatic carbocycles. The molecule has 4 rings (SSSR count). The number of hydrogen-bond acceptors (Lipinski definition) is 7. The van der Waals surface area contributed by atoms with Gasteiger partial charge in [0.25, 0.3) is 0 Å². The molecule has 0 fully saturated rings. The van der Waals surface area contributed by atoms with Crippen LogP contribution in [0, 0.1) is 0 Å². The second-order valence-electron chi connectivity index (χ2n) is 6.54. The number of anilines is 1. The number of aliphatic imine (C=N–C) groups is 2. The lowest BCUT2D eigenvalue weighted by Crippen LogP contribution is -2.37. The number of amides is 2. The summed E-state index contributed by atoms with van der Waals surface area (Å²) >= 11 is 0. The highest BCUT2D eigenvalue weighted by Crippen LogP contribution is 2.41. The largest absolute Gasteiger partial charge is 0.493 e. The summed E-state index contributed by atoms with van der Waals surface area (Å²) in [6, 6.07) is 10.5. The van der Waals surface area contributed by atoms with E-state index in [0.29, 0.717) is 41.0 Å². The van der Waals surface area contributed by atoms with Gasteiger partial charge in [-0.25, -0.2) is 9.79 Å². The average molecular weight is 406 g/mol. The van der Waals surface area contributed by atoms with Crippen LogP contribution < -0.4 is 25.3 Å². The first-order chi connectivity index (χ1) is 14.5. The standard InChI is InChI=1S/C21H20N5O4/c1-28-16-8-13(9-17(29-2)18(16)30-3)15-10-23-19-20(25-21(27)24-19)26(15)11-12-5-4-6-14(22)7-12/h4-10H,11,22H2,1-3H3. The Morgan fingerprint density at radius 1 is 1.03 bits per heavy atom. The number of nitrogen functional groups attached to an aromatic ring is 1. The second-order valence-corrected chi connectivity index (χ2v) is 6.54. The molecular weight excluding hydrogens is 386 g/mol. The molecule has 30 heavy (non-hydrogen) atoms. The lowest BCUT2D eigenvalue weighted by atomic mass is 10.1. The molecule has 0 atom stereocenters. The van der Waals surface area contributed by atoms with Gasteiger partial charge in [0, 0.05) is 17.8 Å². The molecule has 0 bridgehead atoms. The van der Waals surface area contributed by atoms with Gasteiger partial charge in [-0.1, -0.05) is 12.1 Å². The van der Waals surface area contributed by atoms with Crippen LogP contribution in [0.25, 0.3) is 5.70 Å². The van der Waals surface area contributed by atoms with Crippen LogP contribution >= 0.6 is 0 Å². The lowest BCUT2D eigenvalue weighted by molar-refractivity contribution is 0.253. The topological polar surface area (TPSA) is 113 Å². The van der Waals surface area contributed by atoms with Crippen LogP contribution in [0.5, 0.6) is 17.2 Å². The smallest absolute Gasteiger partial charge is 0.371 e. The van der Waals surface area contributed by atoms with Crippen LogP contribution in [-0.2, 0) is 6.54 Å². The van der Waals surface area contributed by atoms with Crippen molar-refractivity contribution in [3.63, 3.8) is 0 Å². The van der Waals surface area contributed by atoms with Crippen LogP contribution in [-0.4, -0.2) is 43.9 Å². The lowest BCUT2D eigenvalue weighted by Gasteiger charge is -2.29. The van der Waals surface area contributed by atoms with Gasteiger partial charge in [0.05, 0.1) is 33.2 Å². The Labute approximate surface area is 173 Å². The van der Waals surface area contributed by atoms with Gasteiger partial charge in [-0.15, -0.1) is 0 Å². The number of amidine groups is 2. The van der Waals surface area contributed by atoms with E-state index >= 15 is 0 Å². The Morgan fingerprint density at radius 3 is 2.40 bits per heavy atom. The predicted molar refractivity (Wildman–Crippen MR) is 113 cm³/mol. The Bertz CT molecular complexity index is 1080. The SMILES string of the molecule is COc1cc(C2=CN=C3[N]C(=O)N=C3N2Cc2cccc(N)c2)cc(OC)c1OC. The Balaban J connectivity index is 1.82. The fourth-order valence-corrected chi connectivity index (χ4v) is 3.37. The maximum atomic E-state index is 11.8. The zero-order valence-corrected chi connectivity index (χ0v) is 16.7. The van der Waals surface area contributed by atoms with E-state index in [4.69, 9.17) is 19.9 Å². The number of carbonyl (C=O) groups excluding carboxylic acids is 1. The number of hydrogen-bond donors (Lipinski definition) is 1. The van der Waals surface area contributed by atoms with Crippen molar-refractivity contribution in [2.75, 3.05) is 27.1 Å². The van der Waals surface area contributed by atoms with Crippen molar-refractivity contribution in [3.8, 4) is 17.2 Å². The van der Waals surface area contributed by atoms with Gasteiger partial charge in [0.15, 0.2) is 17.3 Å². The van der Waals surface area contributed by atoms with Crippen LogP contribution in [0.15, 0.2) is 52.6 Å². The Morgan fingerprint density at radius 2 is 1.77 bits per heavy atom. The van der Waals surface area contributed by atoms with Gasteiger partial charge in [-0.3, -0.25) is 0 Å². The zero-order chi connectivity index (χ0) is 21.3. The summed E-state index contributed by atoms with van der Waals surface area (Å²) in [6.45, 7) is 0.411. The van der Waals surface area contributed by atoms with Gasteiger partial charge < -0.3 is 24.8 Å². The molecule has 2 aromatic rings. The number of nitrogens with two attached hydrogens (primary N) is 1. The number of methoxy groups -OCH3 is 3. The summed E-state index contributed by atoms with van der Waals surface area (Å²) < 4.78 is 16.4. The molecule has 0 spiro atoms. The summed E-state index contributed by atoms with van der Waals surface area (Å²) in [7, 11) is 4.65. The average Bonchev–Trinajstić information content (AvgIpc) is 3.13. The molecule has 9 nitrogen and oxygen atoms in total. The summed E-state index contributed by atoms with van der Waals surface area (Å²) in [5.74, 6) is 2.14. The van der Waals surface area contributed by atoms with E-state index in [-0.39, 0.29) is 5.84 Å². The van der Waals surface area contributed by atoms with Gasteiger partial charge in [0.1, 0.15) is 0 Å². The number of ether oxygens (including phenoxy) is 3. The molecule has 2 aliphatic rings. The highest BCUT2D eigenvalue weighted by atomic mass is 16.5. The van der Waals surface area contributed by atoms with Crippen molar-refractivity contribution in [2.45, 2.75) is 6.54 Å². The first-order valence-electron chi connectivity index (χ1n) is 9.09. The van der Waals surface area contributed by atoms with Gasteiger partial charge in [0.2, 0.25) is 11.6 Å². The molecular formula is C21H20N5O4. The highest BCUT2D eigenvalue weighted by molar-refractivity contribution is 6.49. The van der Waals surface area contributed by atoms with E-state index in [1.807, 2.05) is 41.3 Å². The normalized spacial score (nSPS) is 15.0. The van der Waals surface area contributed by atoms with Crippen molar-refractivity contribution in [2.24, 2.45) is 9.98 Å². The van der Waals surface area contributed by atoms with Crippen LogP contribution in [0.4, 0.5) is 10.5 Å². The van der Waals surface area contributed by atoms with Crippen LogP contribution in [0.2, 0.25) is 0 Å². The van der Waals surface area contributed by atoms with Gasteiger partial charge >= 0.3 is 6.03 Å². The molecule has 1 radical (unpaired) electrons. The monoisotopic (exact) mass is 406 g/mol.